The van der Waals surface area contributed by atoms with Gasteiger partial charge in [0.05, 0.1) is 24.4 Å². The van der Waals surface area contributed by atoms with Crippen LogP contribution in [-0.4, -0.2) is 64.3 Å². The second-order valence-electron chi connectivity index (χ2n) is 9.63. The number of phenols is 1. The number of ether oxygens (including phenoxy) is 3. The summed E-state index contributed by atoms with van der Waals surface area (Å²) in [7, 11) is 0. The fourth-order valence-electron chi connectivity index (χ4n) is 4.37. The molecular formula is C30H37NO8. The molecule has 0 bridgehead atoms. The summed E-state index contributed by atoms with van der Waals surface area (Å²) < 4.78 is 17.0. The van der Waals surface area contributed by atoms with Crippen molar-refractivity contribution in [1.29, 1.82) is 0 Å². The molecule has 2 aliphatic rings. The molecule has 1 amide bonds. The van der Waals surface area contributed by atoms with E-state index in [9.17, 15) is 24.9 Å². The lowest BCUT2D eigenvalue weighted by Crippen LogP contribution is -2.53. The summed E-state index contributed by atoms with van der Waals surface area (Å²) in [4.78, 5) is 25.1. The Morgan fingerprint density at radius 2 is 1.92 bits per heavy atom. The Morgan fingerprint density at radius 3 is 2.56 bits per heavy atom. The van der Waals surface area contributed by atoms with Gasteiger partial charge >= 0.3 is 0 Å². The molecule has 0 spiro atoms. The zero-order valence-electron chi connectivity index (χ0n) is 22.3. The lowest BCUT2D eigenvalue weighted by Gasteiger charge is -2.32. The predicted molar refractivity (Wildman–Crippen MR) is 147 cm³/mol. The quantitative estimate of drug-likeness (QED) is 0.145. The highest BCUT2D eigenvalue weighted by Crippen LogP contribution is 2.32. The van der Waals surface area contributed by atoms with Crippen LogP contribution in [0.15, 0.2) is 72.6 Å². The van der Waals surface area contributed by atoms with E-state index in [1.165, 1.54) is 12.1 Å². The summed E-state index contributed by atoms with van der Waals surface area (Å²) in [6.45, 7) is 11.0. The van der Waals surface area contributed by atoms with Crippen LogP contribution in [0.3, 0.4) is 0 Å². The highest BCUT2D eigenvalue weighted by molar-refractivity contribution is 5.97. The first-order valence-corrected chi connectivity index (χ1v) is 12.9. The first-order valence-electron chi connectivity index (χ1n) is 12.9. The van der Waals surface area contributed by atoms with Crippen LogP contribution in [0.1, 0.15) is 45.1 Å². The number of benzene rings is 1. The van der Waals surface area contributed by atoms with Crippen LogP contribution < -0.4 is 10.1 Å². The molecule has 1 heterocycles. The largest absolute Gasteiger partial charge is 0.504 e. The van der Waals surface area contributed by atoms with E-state index in [0.29, 0.717) is 36.2 Å². The lowest BCUT2D eigenvalue weighted by atomic mass is 9.89. The van der Waals surface area contributed by atoms with Gasteiger partial charge in [-0.05, 0) is 80.7 Å². The van der Waals surface area contributed by atoms with Gasteiger partial charge in [0, 0.05) is 12.0 Å². The number of hydrogen-bond donors (Lipinski definition) is 4. The second-order valence-corrected chi connectivity index (χ2v) is 9.63. The van der Waals surface area contributed by atoms with Crippen LogP contribution in [0.25, 0.3) is 6.08 Å². The fourth-order valence-corrected chi connectivity index (χ4v) is 4.37. The molecule has 2 fully saturated rings. The zero-order chi connectivity index (χ0) is 28.5. The molecule has 9 heteroatoms. The van der Waals surface area contributed by atoms with Crippen molar-refractivity contribution in [2.24, 2.45) is 0 Å². The molecule has 3 rings (SSSR count). The highest BCUT2D eigenvalue weighted by atomic mass is 16.7. The Balaban J connectivity index is 1.58. The standard InChI is InChI=1S/C30H37NO8/c1-5-8-21(6-2)37-14-13-18(3)27-17-25(35)30(39-27)38-26-12-11-20(16-24(26)34)15-19(4)29(36)31-28-22(32)9-7-10-23(28)33/h5-6,8,11-13,15-16,22-23,27-28,30,32-34H,1-2,7,9-10,14,17H2,3-4H3,(H,31,36)/b18-13+,19-15+,21-8+/t22-,23+,27-,28?,30+/m0/s1. The van der Waals surface area contributed by atoms with E-state index in [-0.39, 0.29) is 30.3 Å². The number of nitrogens with one attached hydrogen (secondary N) is 1. The van der Waals surface area contributed by atoms with Crippen LogP contribution in [0.4, 0.5) is 0 Å². The Hall–Kier alpha value is -3.66. The smallest absolute Gasteiger partial charge is 0.260 e. The number of amides is 1. The number of aliphatic hydroxyl groups excluding tert-OH is 2. The van der Waals surface area contributed by atoms with Gasteiger partial charge in [0.1, 0.15) is 12.4 Å². The Labute approximate surface area is 228 Å². The summed E-state index contributed by atoms with van der Waals surface area (Å²) >= 11 is 0. The van der Waals surface area contributed by atoms with Gasteiger partial charge < -0.3 is 34.8 Å². The van der Waals surface area contributed by atoms with Crippen LogP contribution in [0, 0.1) is 0 Å². The average molecular weight is 540 g/mol. The van der Waals surface area contributed by atoms with Gasteiger partial charge in [0.2, 0.25) is 11.7 Å². The third kappa shape index (κ3) is 8.16. The Kier molecular flexibility index (Phi) is 10.7. The van der Waals surface area contributed by atoms with Gasteiger partial charge in [-0.15, -0.1) is 0 Å². The van der Waals surface area contributed by atoms with Gasteiger partial charge in [0.25, 0.3) is 6.29 Å². The highest BCUT2D eigenvalue weighted by Gasteiger charge is 2.36. The molecule has 1 saturated carbocycles. The van der Waals surface area contributed by atoms with Crippen molar-refractivity contribution in [2.75, 3.05) is 6.61 Å². The third-order valence-corrected chi connectivity index (χ3v) is 6.67. The molecule has 0 radical (unpaired) electrons. The van der Waals surface area contributed by atoms with Crippen LogP contribution >= 0.6 is 0 Å². The van der Waals surface area contributed by atoms with Crippen molar-refractivity contribution >= 4 is 17.8 Å². The van der Waals surface area contributed by atoms with Crippen molar-refractivity contribution < 1.29 is 39.1 Å². The third-order valence-electron chi connectivity index (χ3n) is 6.67. The zero-order valence-corrected chi connectivity index (χ0v) is 22.3. The van der Waals surface area contributed by atoms with E-state index in [0.717, 1.165) is 5.57 Å². The molecule has 4 N–H and O–H groups in total. The van der Waals surface area contributed by atoms with Crippen molar-refractivity contribution in [3.8, 4) is 11.5 Å². The van der Waals surface area contributed by atoms with E-state index < -0.39 is 36.6 Å². The topological polar surface area (TPSA) is 135 Å². The van der Waals surface area contributed by atoms with E-state index >= 15 is 0 Å². The second kappa shape index (κ2) is 13.9. The predicted octanol–water partition coefficient (Wildman–Crippen LogP) is 3.47. The molecule has 1 aromatic rings. The van der Waals surface area contributed by atoms with Crippen LogP contribution in [0.5, 0.6) is 11.5 Å². The number of carbonyl (C=O) groups excluding carboxylic acids is 2. The minimum Gasteiger partial charge on any atom is -0.504 e. The minimum atomic E-state index is -1.17. The number of aliphatic hydroxyl groups is 2. The first-order chi connectivity index (χ1) is 18.6. The molecule has 1 saturated heterocycles. The normalized spacial score (nSPS) is 26.2. The molecule has 1 aromatic carbocycles. The number of phenolic OH excluding ortho intramolecular Hbond substituents is 1. The van der Waals surface area contributed by atoms with Crippen molar-refractivity contribution in [2.45, 2.75) is 70.2 Å². The lowest BCUT2D eigenvalue weighted by molar-refractivity contribution is -0.137. The molecule has 210 valence electrons. The maximum atomic E-state index is 12.6. The molecule has 0 aromatic heterocycles. The summed E-state index contributed by atoms with van der Waals surface area (Å²) in [6, 6.07) is 3.80. The number of aromatic hydroxyl groups is 1. The summed E-state index contributed by atoms with van der Waals surface area (Å²) in [6.07, 6.45) is 6.84. The van der Waals surface area contributed by atoms with Gasteiger partial charge in [-0.1, -0.05) is 25.3 Å². The number of allylic oxidation sites excluding steroid dienone is 3. The van der Waals surface area contributed by atoms with Crippen molar-refractivity contribution in [3.63, 3.8) is 0 Å². The molecule has 1 aliphatic heterocycles. The van der Waals surface area contributed by atoms with Crippen molar-refractivity contribution in [3.05, 3.63) is 78.1 Å². The molecule has 9 nitrogen and oxygen atoms in total. The molecule has 1 aliphatic carbocycles. The van der Waals surface area contributed by atoms with E-state index in [1.54, 1.807) is 37.3 Å². The van der Waals surface area contributed by atoms with E-state index in [1.807, 2.05) is 13.0 Å². The molecule has 5 atom stereocenters. The number of hydrogen-bond acceptors (Lipinski definition) is 8. The van der Waals surface area contributed by atoms with Gasteiger partial charge in [-0.25, -0.2) is 0 Å². The average Bonchev–Trinajstić information content (AvgIpc) is 3.27. The van der Waals surface area contributed by atoms with Crippen LogP contribution in [0.2, 0.25) is 0 Å². The first kappa shape index (κ1) is 29.9. The molecule has 1 unspecified atom stereocenters. The number of ketones is 1. The van der Waals surface area contributed by atoms with Crippen molar-refractivity contribution in [1.82, 2.24) is 5.32 Å². The van der Waals surface area contributed by atoms with Gasteiger partial charge in [0.15, 0.2) is 11.5 Å². The monoisotopic (exact) mass is 539 g/mol. The summed E-state index contributed by atoms with van der Waals surface area (Å²) in [5.74, 6) is -0.263. The maximum absolute atomic E-state index is 12.6. The van der Waals surface area contributed by atoms with Crippen LogP contribution in [-0.2, 0) is 19.1 Å². The summed E-state index contributed by atoms with van der Waals surface area (Å²) in [5, 5.41) is 33.4. The van der Waals surface area contributed by atoms with E-state index in [2.05, 4.69) is 18.5 Å². The Bertz CT molecular complexity index is 1160. The number of Topliss-reactive ketones (excluding diaryl/α,β-unsaturated/α-hetero) is 1. The number of carbonyl (C=O) groups is 2. The Morgan fingerprint density at radius 1 is 1.21 bits per heavy atom. The minimum absolute atomic E-state index is 0.0665. The fraction of sp³-hybridized carbons (Fsp3) is 0.400. The molecular weight excluding hydrogens is 502 g/mol. The molecule has 39 heavy (non-hydrogen) atoms. The summed E-state index contributed by atoms with van der Waals surface area (Å²) in [5.41, 5.74) is 1.66. The van der Waals surface area contributed by atoms with Gasteiger partial charge in [-0.3, -0.25) is 9.59 Å². The van der Waals surface area contributed by atoms with Gasteiger partial charge in [-0.2, -0.15) is 0 Å². The maximum Gasteiger partial charge on any atom is 0.260 e. The van der Waals surface area contributed by atoms with E-state index in [4.69, 9.17) is 14.2 Å². The SMILES string of the molecule is C=C/C=C(\C=C)OC/C=C(\C)[C@@H]1CC(=O)[C@H](Oc2ccc(/C=C(\C)C(=O)NC3[C@H](O)CCC[C@@H]3O)cc2O)O1. The number of rotatable bonds is 11.